The molecule has 0 aliphatic carbocycles. The van der Waals surface area contributed by atoms with Gasteiger partial charge in [-0.3, -0.25) is 4.79 Å². The SMILES string of the molecule is COc1cc(NC(=O)CSc2nnc(-c3csc(C(C)C)c3)n2C)c(OC)cc1Cl. The molecular formula is C20H23ClN4O3S2. The highest BCUT2D eigenvalue weighted by Gasteiger charge is 2.17. The van der Waals surface area contributed by atoms with Crippen LogP contribution in [0.4, 0.5) is 5.69 Å². The maximum Gasteiger partial charge on any atom is 0.234 e. The zero-order valence-electron chi connectivity index (χ0n) is 17.4. The van der Waals surface area contributed by atoms with Crippen molar-refractivity contribution in [2.45, 2.75) is 24.9 Å². The summed E-state index contributed by atoms with van der Waals surface area (Å²) in [5.74, 6) is 2.13. The lowest BCUT2D eigenvalue weighted by Gasteiger charge is -2.13. The van der Waals surface area contributed by atoms with E-state index >= 15 is 0 Å². The second-order valence-corrected chi connectivity index (χ2v) is 9.07. The number of hydrogen-bond donors (Lipinski definition) is 1. The highest BCUT2D eigenvalue weighted by molar-refractivity contribution is 7.99. The van der Waals surface area contributed by atoms with Gasteiger partial charge in [-0.05, 0) is 12.0 Å². The Labute approximate surface area is 188 Å². The van der Waals surface area contributed by atoms with Crippen molar-refractivity contribution in [3.63, 3.8) is 0 Å². The van der Waals surface area contributed by atoms with Gasteiger partial charge in [0.25, 0.3) is 0 Å². The summed E-state index contributed by atoms with van der Waals surface area (Å²) < 4.78 is 12.4. The number of thiophene rings is 1. The molecule has 0 saturated heterocycles. The average molecular weight is 467 g/mol. The minimum Gasteiger partial charge on any atom is -0.495 e. The largest absolute Gasteiger partial charge is 0.495 e. The molecule has 0 spiro atoms. The van der Waals surface area contributed by atoms with Crippen LogP contribution >= 0.6 is 34.7 Å². The molecule has 10 heteroatoms. The van der Waals surface area contributed by atoms with E-state index < -0.39 is 0 Å². The van der Waals surface area contributed by atoms with Crippen LogP contribution in [-0.2, 0) is 11.8 Å². The number of methoxy groups -OCH3 is 2. The van der Waals surface area contributed by atoms with E-state index in [-0.39, 0.29) is 11.7 Å². The number of ether oxygens (including phenoxy) is 2. The maximum atomic E-state index is 12.5. The number of nitrogens with zero attached hydrogens (tertiary/aromatic N) is 3. The summed E-state index contributed by atoms with van der Waals surface area (Å²) in [5, 5.41) is 14.5. The van der Waals surface area contributed by atoms with Crippen molar-refractivity contribution in [3.05, 3.63) is 33.5 Å². The van der Waals surface area contributed by atoms with Crippen LogP contribution in [0.3, 0.4) is 0 Å². The topological polar surface area (TPSA) is 78.3 Å². The maximum absolute atomic E-state index is 12.5. The Kier molecular flexibility index (Phi) is 7.27. The van der Waals surface area contributed by atoms with E-state index in [0.717, 1.165) is 11.4 Å². The van der Waals surface area contributed by atoms with Gasteiger partial charge in [0.15, 0.2) is 11.0 Å². The van der Waals surface area contributed by atoms with Crippen molar-refractivity contribution in [2.24, 2.45) is 7.05 Å². The molecule has 0 saturated carbocycles. The first-order valence-electron chi connectivity index (χ1n) is 9.16. The highest BCUT2D eigenvalue weighted by atomic mass is 35.5. The van der Waals surface area contributed by atoms with Crippen LogP contribution in [0.25, 0.3) is 11.4 Å². The molecule has 160 valence electrons. The molecule has 30 heavy (non-hydrogen) atoms. The summed E-state index contributed by atoms with van der Waals surface area (Å²) in [5.41, 5.74) is 1.52. The van der Waals surface area contributed by atoms with Crippen molar-refractivity contribution in [2.75, 3.05) is 25.3 Å². The number of rotatable bonds is 8. The van der Waals surface area contributed by atoms with Gasteiger partial charge in [0, 0.05) is 35.0 Å². The van der Waals surface area contributed by atoms with Gasteiger partial charge in [-0.25, -0.2) is 0 Å². The van der Waals surface area contributed by atoms with Crippen LogP contribution in [0.1, 0.15) is 24.6 Å². The zero-order valence-corrected chi connectivity index (χ0v) is 19.7. The van der Waals surface area contributed by atoms with Gasteiger partial charge in [-0.15, -0.1) is 21.5 Å². The highest BCUT2D eigenvalue weighted by Crippen LogP contribution is 2.36. The summed E-state index contributed by atoms with van der Waals surface area (Å²) in [6.07, 6.45) is 0. The second kappa shape index (κ2) is 9.72. The molecule has 1 amide bonds. The van der Waals surface area contributed by atoms with E-state index in [1.807, 2.05) is 11.6 Å². The van der Waals surface area contributed by atoms with Crippen LogP contribution in [0.2, 0.25) is 5.02 Å². The fourth-order valence-corrected chi connectivity index (χ4v) is 4.58. The standard InChI is InChI=1S/C20H23ClN4O3S2/c1-11(2)17-6-12(9-29-17)19-23-24-20(25(19)3)30-10-18(26)22-14-8-15(27-4)13(21)7-16(14)28-5/h6-9,11H,10H2,1-5H3,(H,22,26). The normalized spacial score (nSPS) is 11.0. The Morgan fingerprint density at radius 2 is 1.97 bits per heavy atom. The van der Waals surface area contributed by atoms with E-state index in [4.69, 9.17) is 21.1 Å². The van der Waals surface area contributed by atoms with E-state index in [9.17, 15) is 4.79 Å². The van der Waals surface area contributed by atoms with Crippen LogP contribution < -0.4 is 14.8 Å². The lowest BCUT2D eigenvalue weighted by Crippen LogP contribution is -2.15. The van der Waals surface area contributed by atoms with E-state index in [1.54, 1.807) is 23.5 Å². The van der Waals surface area contributed by atoms with Crippen LogP contribution in [0, 0.1) is 0 Å². The number of thioether (sulfide) groups is 1. The molecule has 0 unspecified atom stereocenters. The third-order valence-corrected chi connectivity index (χ3v) is 6.91. The predicted molar refractivity (Wildman–Crippen MR) is 122 cm³/mol. The van der Waals surface area contributed by atoms with Crippen molar-refractivity contribution >= 4 is 46.3 Å². The third kappa shape index (κ3) is 4.91. The van der Waals surface area contributed by atoms with Gasteiger partial charge in [0.05, 0.1) is 30.7 Å². The minimum absolute atomic E-state index is 0.168. The molecule has 1 aromatic carbocycles. The fourth-order valence-electron chi connectivity index (χ4n) is 2.74. The van der Waals surface area contributed by atoms with Crippen molar-refractivity contribution in [3.8, 4) is 22.9 Å². The lowest BCUT2D eigenvalue weighted by atomic mass is 10.1. The third-order valence-electron chi connectivity index (χ3n) is 4.36. The van der Waals surface area contributed by atoms with Crippen molar-refractivity contribution in [1.29, 1.82) is 0 Å². The van der Waals surface area contributed by atoms with Gasteiger partial charge < -0.3 is 19.4 Å². The number of amides is 1. The smallest absolute Gasteiger partial charge is 0.234 e. The Bertz CT molecular complexity index is 1050. The van der Waals surface area contributed by atoms with Crippen LogP contribution in [-0.4, -0.2) is 40.6 Å². The molecule has 0 aliphatic rings. The molecule has 3 aromatic rings. The first kappa shape index (κ1) is 22.5. The van der Waals surface area contributed by atoms with E-state index in [2.05, 4.69) is 40.8 Å². The van der Waals surface area contributed by atoms with Crippen LogP contribution in [0.5, 0.6) is 11.5 Å². The number of halogens is 1. The Hall–Kier alpha value is -2.23. The monoisotopic (exact) mass is 466 g/mol. The van der Waals surface area contributed by atoms with Crippen LogP contribution in [0.15, 0.2) is 28.7 Å². The summed E-state index contributed by atoms with van der Waals surface area (Å²) >= 11 is 9.13. The number of nitrogens with one attached hydrogen (secondary N) is 1. The Balaban J connectivity index is 1.68. The summed E-state index contributed by atoms with van der Waals surface area (Å²) in [7, 11) is 4.92. The number of benzene rings is 1. The van der Waals surface area contributed by atoms with Gasteiger partial charge in [-0.2, -0.15) is 0 Å². The lowest BCUT2D eigenvalue weighted by molar-refractivity contribution is -0.113. The second-order valence-electron chi connectivity index (χ2n) is 6.78. The van der Waals surface area contributed by atoms with Gasteiger partial charge in [0.2, 0.25) is 5.91 Å². The molecule has 1 N–H and O–H groups in total. The predicted octanol–water partition coefficient (Wildman–Crippen LogP) is 5.07. The first-order valence-corrected chi connectivity index (χ1v) is 11.4. The molecule has 0 bridgehead atoms. The number of anilines is 1. The average Bonchev–Trinajstić information content (AvgIpc) is 3.34. The summed E-state index contributed by atoms with van der Waals surface area (Å²) in [6, 6.07) is 5.37. The molecule has 7 nitrogen and oxygen atoms in total. The molecule has 2 aromatic heterocycles. The van der Waals surface area contributed by atoms with Crippen molar-refractivity contribution in [1.82, 2.24) is 14.8 Å². The zero-order chi connectivity index (χ0) is 21.8. The van der Waals surface area contributed by atoms with E-state index in [1.165, 1.54) is 30.9 Å². The molecule has 3 rings (SSSR count). The van der Waals surface area contributed by atoms with Crippen molar-refractivity contribution < 1.29 is 14.3 Å². The molecule has 0 atom stereocenters. The minimum atomic E-state index is -0.204. The first-order chi connectivity index (χ1) is 14.3. The number of aromatic nitrogens is 3. The number of carbonyl (C=O) groups is 1. The Morgan fingerprint density at radius 1 is 1.23 bits per heavy atom. The number of hydrogen-bond acceptors (Lipinski definition) is 7. The summed E-state index contributed by atoms with van der Waals surface area (Å²) in [4.78, 5) is 13.8. The quantitative estimate of drug-likeness (QED) is 0.467. The fraction of sp³-hybridized carbons (Fsp3) is 0.350. The Morgan fingerprint density at radius 3 is 2.60 bits per heavy atom. The number of carbonyl (C=O) groups excluding carboxylic acids is 1. The van der Waals surface area contributed by atoms with Gasteiger partial charge in [-0.1, -0.05) is 37.2 Å². The van der Waals surface area contributed by atoms with E-state index in [0.29, 0.717) is 33.3 Å². The molecule has 2 heterocycles. The van der Waals surface area contributed by atoms with Gasteiger partial charge >= 0.3 is 0 Å². The molecule has 0 fully saturated rings. The molecule has 0 radical (unpaired) electrons. The summed E-state index contributed by atoms with van der Waals surface area (Å²) in [6.45, 7) is 4.33. The van der Waals surface area contributed by atoms with Gasteiger partial charge in [0.1, 0.15) is 11.5 Å². The molecule has 0 aliphatic heterocycles. The molecular weight excluding hydrogens is 444 g/mol.